The highest BCUT2D eigenvalue weighted by molar-refractivity contribution is 5.43. The molecule has 0 fully saturated rings. The number of aromatic nitrogens is 2. The fourth-order valence-electron chi connectivity index (χ4n) is 1.69. The van der Waals surface area contributed by atoms with E-state index in [1.807, 2.05) is 13.8 Å². The number of nitrogens with one attached hydrogen (secondary N) is 1. The number of alkyl halides is 3. The van der Waals surface area contributed by atoms with Crippen LogP contribution in [0.15, 0.2) is 36.7 Å². The lowest BCUT2D eigenvalue weighted by molar-refractivity contribution is -0.137. The first-order valence-corrected chi connectivity index (χ1v) is 5.85. The molecule has 0 saturated heterocycles. The SMILES string of the molecule is CC(C)Nc1nccn1-c1ccc(C(F)(F)F)cc1. The lowest BCUT2D eigenvalue weighted by Gasteiger charge is -2.13. The molecular weight excluding hydrogens is 255 g/mol. The Balaban J connectivity index is 2.30. The smallest absolute Gasteiger partial charge is 0.353 e. The Kier molecular flexibility index (Phi) is 3.50. The molecule has 19 heavy (non-hydrogen) atoms. The molecule has 6 heteroatoms. The van der Waals surface area contributed by atoms with Gasteiger partial charge in [0.15, 0.2) is 0 Å². The van der Waals surface area contributed by atoms with Gasteiger partial charge in [-0.3, -0.25) is 4.57 Å². The molecule has 0 radical (unpaired) electrons. The zero-order chi connectivity index (χ0) is 14.0. The van der Waals surface area contributed by atoms with E-state index in [1.165, 1.54) is 12.1 Å². The van der Waals surface area contributed by atoms with Crippen LogP contribution in [0.2, 0.25) is 0 Å². The molecule has 1 aromatic heterocycles. The maximum Gasteiger partial charge on any atom is 0.416 e. The third-order valence-corrected chi connectivity index (χ3v) is 2.53. The molecule has 0 amide bonds. The molecule has 0 aliphatic heterocycles. The van der Waals surface area contributed by atoms with Crippen molar-refractivity contribution in [1.82, 2.24) is 9.55 Å². The Hall–Kier alpha value is -1.98. The number of halogens is 3. The Morgan fingerprint density at radius 1 is 1.16 bits per heavy atom. The van der Waals surface area contributed by atoms with Crippen LogP contribution in [0, 0.1) is 0 Å². The van der Waals surface area contributed by atoms with Crippen molar-refractivity contribution < 1.29 is 13.2 Å². The normalized spacial score (nSPS) is 11.9. The van der Waals surface area contributed by atoms with Crippen molar-refractivity contribution in [2.45, 2.75) is 26.1 Å². The second kappa shape index (κ2) is 4.95. The van der Waals surface area contributed by atoms with Gasteiger partial charge in [0, 0.05) is 24.1 Å². The summed E-state index contributed by atoms with van der Waals surface area (Å²) in [6.07, 6.45) is -1.01. The van der Waals surface area contributed by atoms with E-state index in [-0.39, 0.29) is 6.04 Å². The largest absolute Gasteiger partial charge is 0.416 e. The van der Waals surface area contributed by atoms with Gasteiger partial charge in [0.1, 0.15) is 0 Å². The second-order valence-electron chi connectivity index (χ2n) is 4.46. The van der Waals surface area contributed by atoms with E-state index in [0.717, 1.165) is 12.1 Å². The van der Waals surface area contributed by atoms with Gasteiger partial charge in [-0.2, -0.15) is 13.2 Å². The molecule has 0 saturated carbocycles. The van der Waals surface area contributed by atoms with E-state index >= 15 is 0 Å². The number of imidazole rings is 1. The zero-order valence-corrected chi connectivity index (χ0v) is 10.6. The molecule has 2 rings (SSSR count). The fraction of sp³-hybridized carbons (Fsp3) is 0.308. The van der Waals surface area contributed by atoms with Crippen LogP contribution >= 0.6 is 0 Å². The minimum absolute atomic E-state index is 0.190. The summed E-state index contributed by atoms with van der Waals surface area (Å²) in [7, 11) is 0. The van der Waals surface area contributed by atoms with Gasteiger partial charge in [0.05, 0.1) is 5.56 Å². The minimum atomic E-state index is -4.31. The molecule has 0 aliphatic carbocycles. The Morgan fingerprint density at radius 3 is 2.32 bits per heavy atom. The summed E-state index contributed by atoms with van der Waals surface area (Å²) < 4.78 is 39.2. The number of rotatable bonds is 3. The first-order chi connectivity index (χ1) is 8.88. The molecule has 0 unspecified atom stereocenters. The molecule has 0 atom stereocenters. The van der Waals surface area contributed by atoms with E-state index in [1.54, 1.807) is 17.0 Å². The van der Waals surface area contributed by atoms with Crippen LogP contribution in [0.4, 0.5) is 19.1 Å². The van der Waals surface area contributed by atoms with Gasteiger partial charge in [-0.25, -0.2) is 4.98 Å². The van der Waals surface area contributed by atoms with Crippen LogP contribution in [-0.2, 0) is 6.18 Å². The summed E-state index contributed by atoms with van der Waals surface area (Å²) in [6, 6.07) is 5.17. The molecule has 1 aromatic carbocycles. The van der Waals surface area contributed by atoms with Crippen molar-refractivity contribution in [1.29, 1.82) is 0 Å². The summed E-state index contributed by atoms with van der Waals surface area (Å²) in [5.74, 6) is 0.606. The Morgan fingerprint density at radius 2 is 1.79 bits per heavy atom. The molecule has 102 valence electrons. The van der Waals surface area contributed by atoms with Gasteiger partial charge >= 0.3 is 6.18 Å². The van der Waals surface area contributed by atoms with E-state index in [9.17, 15) is 13.2 Å². The molecule has 0 bridgehead atoms. The summed E-state index contributed by atoms with van der Waals surface area (Å²) in [6.45, 7) is 3.93. The minimum Gasteiger partial charge on any atom is -0.353 e. The highest BCUT2D eigenvalue weighted by Crippen LogP contribution is 2.29. The highest BCUT2D eigenvalue weighted by Gasteiger charge is 2.30. The highest BCUT2D eigenvalue weighted by atomic mass is 19.4. The average Bonchev–Trinajstić information content (AvgIpc) is 2.75. The maximum absolute atomic E-state index is 12.5. The lowest BCUT2D eigenvalue weighted by Crippen LogP contribution is -2.14. The van der Waals surface area contributed by atoms with Gasteiger partial charge in [-0.1, -0.05) is 0 Å². The van der Waals surface area contributed by atoms with Gasteiger partial charge in [-0.05, 0) is 38.1 Å². The van der Waals surface area contributed by atoms with Gasteiger partial charge in [-0.15, -0.1) is 0 Å². The lowest BCUT2D eigenvalue weighted by atomic mass is 10.2. The van der Waals surface area contributed by atoms with Crippen LogP contribution in [0.3, 0.4) is 0 Å². The second-order valence-corrected chi connectivity index (χ2v) is 4.46. The van der Waals surface area contributed by atoms with E-state index < -0.39 is 11.7 Å². The van der Waals surface area contributed by atoms with E-state index in [0.29, 0.717) is 11.6 Å². The standard InChI is InChI=1S/C13H14F3N3/c1-9(2)18-12-17-7-8-19(12)11-5-3-10(4-6-11)13(14,15)16/h3-9H,1-2H3,(H,17,18). The molecular formula is C13H14F3N3. The van der Waals surface area contributed by atoms with Gasteiger partial charge in [0.2, 0.25) is 5.95 Å². The number of hydrogen-bond donors (Lipinski definition) is 1. The molecule has 0 aliphatic rings. The first kappa shape index (κ1) is 13.5. The topological polar surface area (TPSA) is 29.9 Å². The predicted molar refractivity (Wildman–Crippen MR) is 67.3 cm³/mol. The van der Waals surface area contributed by atoms with Gasteiger partial charge in [0.25, 0.3) is 0 Å². The number of anilines is 1. The van der Waals surface area contributed by atoms with Crippen molar-refractivity contribution in [3.63, 3.8) is 0 Å². The molecule has 0 spiro atoms. The average molecular weight is 269 g/mol. The third-order valence-electron chi connectivity index (χ3n) is 2.53. The third kappa shape index (κ3) is 3.07. The van der Waals surface area contributed by atoms with Crippen LogP contribution in [-0.4, -0.2) is 15.6 Å². The molecule has 1 heterocycles. The summed E-state index contributed by atoms with van der Waals surface area (Å²) in [5, 5.41) is 3.13. The van der Waals surface area contributed by atoms with Crippen molar-refractivity contribution in [2.75, 3.05) is 5.32 Å². The van der Waals surface area contributed by atoms with Crippen LogP contribution < -0.4 is 5.32 Å². The van der Waals surface area contributed by atoms with Crippen LogP contribution in [0.5, 0.6) is 0 Å². The maximum atomic E-state index is 12.5. The van der Waals surface area contributed by atoms with Crippen molar-refractivity contribution in [2.24, 2.45) is 0 Å². The molecule has 1 N–H and O–H groups in total. The van der Waals surface area contributed by atoms with Crippen molar-refractivity contribution in [3.05, 3.63) is 42.2 Å². The summed E-state index contributed by atoms with van der Waals surface area (Å²) in [4.78, 5) is 4.13. The molecule has 3 nitrogen and oxygen atoms in total. The van der Waals surface area contributed by atoms with E-state index in [2.05, 4.69) is 10.3 Å². The predicted octanol–water partition coefficient (Wildman–Crippen LogP) is 3.71. The van der Waals surface area contributed by atoms with Crippen LogP contribution in [0.25, 0.3) is 5.69 Å². The number of benzene rings is 1. The summed E-state index contributed by atoms with van der Waals surface area (Å²) >= 11 is 0. The van der Waals surface area contributed by atoms with Gasteiger partial charge < -0.3 is 5.32 Å². The fourth-order valence-corrected chi connectivity index (χ4v) is 1.69. The first-order valence-electron chi connectivity index (χ1n) is 5.85. The van der Waals surface area contributed by atoms with Crippen LogP contribution in [0.1, 0.15) is 19.4 Å². The Labute approximate surface area is 109 Å². The molecule has 2 aromatic rings. The summed E-state index contributed by atoms with van der Waals surface area (Å²) in [5.41, 5.74) is -0.0246. The Bertz CT molecular complexity index is 541. The quantitative estimate of drug-likeness (QED) is 0.920. The monoisotopic (exact) mass is 269 g/mol. The van der Waals surface area contributed by atoms with Crippen molar-refractivity contribution >= 4 is 5.95 Å². The zero-order valence-electron chi connectivity index (χ0n) is 10.6. The number of hydrogen-bond acceptors (Lipinski definition) is 2. The van der Waals surface area contributed by atoms with Crippen molar-refractivity contribution in [3.8, 4) is 5.69 Å². The van der Waals surface area contributed by atoms with E-state index in [4.69, 9.17) is 0 Å². The number of nitrogens with zero attached hydrogens (tertiary/aromatic N) is 2.